The Hall–Kier alpha value is -2.09. The number of alkyl halides is 3. The summed E-state index contributed by atoms with van der Waals surface area (Å²) in [6.45, 7) is 4.07. The van der Waals surface area contributed by atoms with Crippen LogP contribution in [0.4, 0.5) is 13.2 Å². The quantitative estimate of drug-likeness (QED) is 0.799. The van der Waals surface area contributed by atoms with Crippen LogP contribution in [0.5, 0.6) is 0 Å². The maximum absolute atomic E-state index is 13.1. The highest BCUT2D eigenvalue weighted by Gasteiger charge is 2.43. The van der Waals surface area contributed by atoms with E-state index in [9.17, 15) is 22.8 Å². The van der Waals surface area contributed by atoms with Crippen molar-refractivity contribution in [3.63, 3.8) is 0 Å². The molecule has 8 heteroatoms. The summed E-state index contributed by atoms with van der Waals surface area (Å²) in [6, 6.07) is 4.78. The molecule has 1 saturated heterocycles. The van der Waals surface area contributed by atoms with Gasteiger partial charge in [0.25, 0.3) is 0 Å². The maximum atomic E-state index is 13.1. The lowest BCUT2D eigenvalue weighted by atomic mass is 9.73. The van der Waals surface area contributed by atoms with Crippen LogP contribution in [0.2, 0.25) is 0 Å². The maximum Gasteiger partial charge on any atom is 0.416 e. The largest absolute Gasteiger partial charge is 0.416 e. The van der Waals surface area contributed by atoms with Gasteiger partial charge in [0.1, 0.15) is 0 Å². The monoisotopic (exact) mass is 372 g/mol. The van der Waals surface area contributed by atoms with Gasteiger partial charge in [-0.25, -0.2) is 0 Å². The average molecular weight is 372 g/mol. The minimum Gasteiger partial charge on any atom is -0.381 e. The van der Waals surface area contributed by atoms with Gasteiger partial charge >= 0.3 is 6.18 Å². The zero-order chi connectivity index (χ0) is 19.4. The predicted octanol–water partition coefficient (Wildman–Crippen LogP) is 2.95. The van der Waals surface area contributed by atoms with Crippen molar-refractivity contribution in [2.45, 2.75) is 44.7 Å². The molecular formula is C18H23F3N2O3. The Bertz CT molecular complexity index is 655. The number of hydrogen-bond acceptors (Lipinski definition) is 3. The van der Waals surface area contributed by atoms with Gasteiger partial charge in [0, 0.05) is 19.1 Å². The molecule has 2 N–H and O–H groups in total. The molecule has 0 unspecified atom stereocenters. The molecule has 144 valence electrons. The number of rotatable bonds is 4. The molecule has 1 fully saturated rings. The summed E-state index contributed by atoms with van der Waals surface area (Å²) < 4.78 is 44.5. The van der Waals surface area contributed by atoms with Crippen molar-refractivity contribution >= 4 is 11.8 Å². The van der Waals surface area contributed by atoms with E-state index in [0.29, 0.717) is 6.42 Å². The lowest BCUT2D eigenvalue weighted by molar-refractivity contribution is -0.138. The van der Waals surface area contributed by atoms with Gasteiger partial charge < -0.3 is 4.74 Å². The summed E-state index contributed by atoms with van der Waals surface area (Å²) in [7, 11) is 0. The van der Waals surface area contributed by atoms with E-state index < -0.39 is 23.1 Å². The number of carbonyl (C=O) groups excluding carboxylic acids is 2. The molecule has 0 spiro atoms. The normalized spacial score (nSPS) is 18.0. The van der Waals surface area contributed by atoms with Gasteiger partial charge in [0.05, 0.1) is 11.0 Å². The fourth-order valence-electron chi connectivity index (χ4n) is 2.91. The van der Waals surface area contributed by atoms with Gasteiger partial charge in [-0.1, -0.05) is 32.0 Å². The van der Waals surface area contributed by atoms with Gasteiger partial charge in [-0.05, 0) is 30.9 Å². The summed E-state index contributed by atoms with van der Waals surface area (Å²) in [5, 5.41) is 0. The highest BCUT2D eigenvalue weighted by atomic mass is 19.4. The Labute approximate surface area is 150 Å². The molecule has 0 aliphatic carbocycles. The number of ether oxygens (including phenoxy) is 1. The number of amides is 2. The van der Waals surface area contributed by atoms with Gasteiger partial charge in [0.15, 0.2) is 0 Å². The van der Waals surface area contributed by atoms with Gasteiger partial charge in [-0.2, -0.15) is 13.2 Å². The van der Waals surface area contributed by atoms with E-state index in [1.807, 2.05) is 6.92 Å². The summed E-state index contributed by atoms with van der Waals surface area (Å²) in [4.78, 5) is 24.7. The third-order valence-electron chi connectivity index (χ3n) is 4.88. The minimum absolute atomic E-state index is 0.235. The number of nitrogens with one attached hydrogen (secondary N) is 2. The van der Waals surface area contributed by atoms with Crippen LogP contribution in [0.3, 0.4) is 0 Å². The van der Waals surface area contributed by atoms with Crippen molar-refractivity contribution in [3.8, 4) is 0 Å². The van der Waals surface area contributed by atoms with Crippen LogP contribution < -0.4 is 10.9 Å². The molecule has 2 rings (SSSR count). The predicted molar refractivity (Wildman–Crippen MR) is 88.9 cm³/mol. The van der Waals surface area contributed by atoms with Crippen LogP contribution in [0.15, 0.2) is 24.3 Å². The molecule has 0 aromatic heterocycles. The Morgan fingerprint density at radius 1 is 1.23 bits per heavy atom. The molecule has 0 radical (unpaired) electrons. The van der Waals surface area contributed by atoms with Crippen LogP contribution in [0.1, 0.15) is 44.2 Å². The molecular weight excluding hydrogens is 349 g/mol. The summed E-state index contributed by atoms with van der Waals surface area (Å²) in [5.41, 5.74) is 3.04. The van der Waals surface area contributed by atoms with E-state index in [-0.39, 0.29) is 43.4 Å². The Morgan fingerprint density at radius 3 is 2.46 bits per heavy atom. The third kappa shape index (κ3) is 4.35. The van der Waals surface area contributed by atoms with E-state index >= 15 is 0 Å². The summed E-state index contributed by atoms with van der Waals surface area (Å²) >= 11 is 0. The second kappa shape index (κ2) is 8.07. The summed E-state index contributed by atoms with van der Waals surface area (Å²) in [5.74, 6) is -1.15. The zero-order valence-electron chi connectivity index (χ0n) is 14.8. The molecule has 0 saturated carbocycles. The number of hydrogen-bond donors (Lipinski definition) is 2. The van der Waals surface area contributed by atoms with E-state index in [2.05, 4.69) is 10.9 Å². The lowest BCUT2D eigenvalue weighted by Gasteiger charge is -2.36. The second-order valence-corrected chi connectivity index (χ2v) is 6.53. The van der Waals surface area contributed by atoms with Crippen molar-refractivity contribution in [1.82, 2.24) is 10.9 Å². The summed E-state index contributed by atoms with van der Waals surface area (Å²) in [6.07, 6.45) is -3.42. The van der Waals surface area contributed by atoms with Gasteiger partial charge in [-0.15, -0.1) is 0 Å². The first-order chi connectivity index (χ1) is 12.2. The van der Waals surface area contributed by atoms with E-state index in [0.717, 1.165) is 12.1 Å². The van der Waals surface area contributed by atoms with Gasteiger partial charge in [0.2, 0.25) is 11.8 Å². The van der Waals surface area contributed by atoms with Crippen molar-refractivity contribution in [1.29, 1.82) is 0 Å². The third-order valence-corrected chi connectivity index (χ3v) is 4.88. The van der Waals surface area contributed by atoms with E-state index in [1.54, 1.807) is 6.92 Å². The number of halogens is 3. The topological polar surface area (TPSA) is 67.4 Å². The first-order valence-electron chi connectivity index (χ1n) is 8.56. The molecule has 1 aromatic carbocycles. The fraction of sp³-hybridized carbons (Fsp3) is 0.556. The minimum atomic E-state index is -4.50. The Kier molecular flexibility index (Phi) is 6.28. The van der Waals surface area contributed by atoms with Crippen LogP contribution in [-0.2, 0) is 25.9 Å². The lowest BCUT2D eigenvalue weighted by Crippen LogP contribution is -2.54. The van der Waals surface area contributed by atoms with Crippen LogP contribution >= 0.6 is 0 Å². The van der Waals surface area contributed by atoms with Crippen molar-refractivity contribution in [3.05, 3.63) is 35.4 Å². The molecule has 1 atom stereocenters. The number of benzene rings is 1. The van der Waals surface area contributed by atoms with Crippen molar-refractivity contribution in [2.75, 3.05) is 13.2 Å². The first-order valence-corrected chi connectivity index (χ1v) is 8.56. The zero-order valence-corrected chi connectivity index (χ0v) is 14.8. The SMILES string of the molecule is CC[C@@H](C)C(=O)NNC(=O)C1(c2cccc(C(F)(F)F)c2)CCOCC1. The molecule has 26 heavy (non-hydrogen) atoms. The molecule has 5 nitrogen and oxygen atoms in total. The first kappa shape index (κ1) is 20.2. The van der Waals surface area contributed by atoms with Crippen LogP contribution in [-0.4, -0.2) is 25.0 Å². The van der Waals surface area contributed by atoms with Crippen LogP contribution in [0, 0.1) is 5.92 Å². The number of hydrazine groups is 1. The van der Waals surface area contributed by atoms with Gasteiger partial charge in [-0.3, -0.25) is 20.4 Å². The van der Waals surface area contributed by atoms with E-state index in [1.165, 1.54) is 12.1 Å². The second-order valence-electron chi connectivity index (χ2n) is 6.53. The van der Waals surface area contributed by atoms with Crippen molar-refractivity contribution < 1.29 is 27.5 Å². The molecule has 2 amide bonds. The Balaban J connectivity index is 2.28. The molecule has 0 bridgehead atoms. The fourth-order valence-corrected chi connectivity index (χ4v) is 2.91. The highest BCUT2D eigenvalue weighted by molar-refractivity contribution is 5.90. The van der Waals surface area contributed by atoms with Crippen LogP contribution in [0.25, 0.3) is 0 Å². The highest BCUT2D eigenvalue weighted by Crippen LogP contribution is 2.38. The number of carbonyl (C=O) groups is 2. The molecule has 1 heterocycles. The van der Waals surface area contributed by atoms with E-state index in [4.69, 9.17) is 4.74 Å². The molecule has 1 aliphatic rings. The average Bonchev–Trinajstić information content (AvgIpc) is 2.65. The molecule has 1 aliphatic heterocycles. The smallest absolute Gasteiger partial charge is 0.381 e. The van der Waals surface area contributed by atoms with Crippen molar-refractivity contribution in [2.24, 2.45) is 5.92 Å². The molecule has 1 aromatic rings. The Morgan fingerprint density at radius 2 is 1.88 bits per heavy atom. The standard InChI is InChI=1S/C18H23F3N2O3/c1-3-12(2)15(24)22-23-16(25)17(7-9-26-10-8-17)13-5-4-6-14(11-13)18(19,20)21/h4-6,11-12H,3,7-10H2,1-2H3,(H,22,24)(H,23,25)/t12-/m1/s1.